The Balaban J connectivity index is 2.00. The summed E-state index contributed by atoms with van der Waals surface area (Å²) < 4.78 is 44.2. The number of amides is 1. The van der Waals surface area contributed by atoms with Crippen LogP contribution in [0.3, 0.4) is 0 Å². The molecule has 1 fully saturated rings. The lowest BCUT2D eigenvalue weighted by Gasteiger charge is -2.34. The highest BCUT2D eigenvalue weighted by atomic mass is 35.5. The molecular weight excluding hydrogens is 437 g/mol. The van der Waals surface area contributed by atoms with Crippen molar-refractivity contribution < 1.29 is 32.6 Å². The van der Waals surface area contributed by atoms with Crippen LogP contribution in [-0.2, 0) is 10.9 Å². The van der Waals surface area contributed by atoms with E-state index < -0.39 is 46.0 Å². The maximum atomic E-state index is 13.2. The van der Waals surface area contributed by atoms with Gasteiger partial charge in [0.15, 0.2) is 0 Å². The summed E-state index contributed by atoms with van der Waals surface area (Å²) >= 11 is 5.83. The molecule has 0 radical (unpaired) electrons. The third-order valence-electron chi connectivity index (χ3n) is 5.33. The number of aromatic nitrogens is 1. The van der Waals surface area contributed by atoms with Crippen LogP contribution in [0.15, 0.2) is 36.5 Å². The fraction of sp³-hybridized carbons (Fsp3) is 0.381. The Kier molecular flexibility index (Phi) is 6.56. The quantitative estimate of drug-likeness (QED) is 0.654. The minimum absolute atomic E-state index is 0.205. The molecule has 31 heavy (non-hydrogen) atoms. The molecule has 166 valence electrons. The van der Waals surface area contributed by atoms with Crippen molar-refractivity contribution in [2.75, 3.05) is 7.11 Å². The van der Waals surface area contributed by atoms with Crippen molar-refractivity contribution in [2.24, 2.45) is 0 Å². The van der Waals surface area contributed by atoms with Gasteiger partial charge in [0.25, 0.3) is 5.91 Å². The number of benzene rings is 1. The number of hydrogen-bond donors (Lipinski definition) is 2. The van der Waals surface area contributed by atoms with E-state index >= 15 is 0 Å². The van der Waals surface area contributed by atoms with Crippen LogP contribution in [0.25, 0.3) is 0 Å². The Labute approximate surface area is 181 Å². The second-order valence-corrected chi connectivity index (χ2v) is 7.73. The third-order valence-corrected chi connectivity index (χ3v) is 5.72. The number of carbonyl (C=O) groups excluding carboxylic acids is 2. The molecule has 0 bridgehead atoms. The SMILES string of the molecule is COC(=O)c1cccc(C(NC(=O)c2nccc(C(F)(F)F)c2Cl)C2(O)CCCC2)c1. The van der Waals surface area contributed by atoms with E-state index in [1.165, 1.54) is 19.2 Å². The molecule has 1 amide bonds. The Morgan fingerprint density at radius 1 is 1.26 bits per heavy atom. The zero-order chi connectivity index (χ0) is 22.8. The van der Waals surface area contributed by atoms with Crippen molar-refractivity contribution in [3.05, 3.63) is 63.9 Å². The molecule has 1 aliphatic rings. The van der Waals surface area contributed by atoms with Crippen LogP contribution in [0.1, 0.15) is 63.7 Å². The number of aliphatic hydroxyl groups is 1. The molecule has 1 aromatic heterocycles. The number of esters is 1. The number of ether oxygens (including phenoxy) is 1. The summed E-state index contributed by atoms with van der Waals surface area (Å²) in [6, 6.07) is 5.83. The van der Waals surface area contributed by atoms with Gasteiger partial charge in [0.2, 0.25) is 0 Å². The van der Waals surface area contributed by atoms with Gasteiger partial charge in [0, 0.05) is 6.20 Å². The monoisotopic (exact) mass is 456 g/mol. The molecule has 0 spiro atoms. The van der Waals surface area contributed by atoms with Crippen LogP contribution in [0, 0.1) is 0 Å². The van der Waals surface area contributed by atoms with E-state index in [1.807, 2.05) is 0 Å². The van der Waals surface area contributed by atoms with Gasteiger partial charge in [-0.1, -0.05) is 36.6 Å². The Morgan fingerprint density at radius 2 is 1.94 bits per heavy atom. The number of nitrogens with one attached hydrogen (secondary N) is 1. The lowest BCUT2D eigenvalue weighted by molar-refractivity contribution is -0.137. The van der Waals surface area contributed by atoms with Crippen LogP contribution < -0.4 is 5.32 Å². The number of carbonyl (C=O) groups is 2. The van der Waals surface area contributed by atoms with Gasteiger partial charge in [-0.15, -0.1) is 0 Å². The van der Waals surface area contributed by atoms with Crippen LogP contribution in [0.4, 0.5) is 13.2 Å². The predicted molar refractivity (Wildman–Crippen MR) is 106 cm³/mol. The summed E-state index contributed by atoms with van der Waals surface area (Å²) in [7, 11) is 1.22. The highest BCUT2D eigenvalue weighted by Gasteiger charge is 2.42. The summed E-state index contributed by atoms with van der Waals surface area (Å²) in [5, 5.41) is 12.9. The Morgan fingerprint density at radius 3 is 2.55 bits per heavy atom. The molecule has 1 unspecified atom stereocenters. The molecule has 1 atom stereocenters. The number of rotatable bonds is 5. The molecule has 0 aliphatic heterocycles. The first-order valence-electron chi connectivity index (χ1n) is 9.50. The van der Waals surface area contributed by atoms with Crippen molar-refractivity contribution >= 4 is 23.5 Å². The zero-order valence-electron chi connectivity index (χ0n) is 16.5. The summed E-state index contributed by atoms with van der Waals surface area (Å²) in [4.78, 5) is 28.5. The second kappa shape index (κ2) is 8.84. The number of alkyl halides is 3. The first-order chi connectivity index (χ1) is 14.6. The number of methoxy groups -OCH3 is 1. The lowest BCUT2D eigenvalue weighted by Crippen LogP contribution is -2.44. The number of nitrogens with zero attached hydrogens (tertiary/aromatic N) is 1. The van der Waals surface area contributed by atoms with Gasteiger partial charge in [-0.25, -0.2) is 9.78 Å². The molecule has 1 aromatic carbocycles. The highest BCUT2D eigenvalue weighted by Crippen LogP contribution is 2.41. The first-order valence-corrected chi connectivity index (χ1v) is 9.88. The zero-order valence-corrected chi connectivity index (χ0v) is 17.3. The maximum absolute atomic E-state index is 13.2. The molecule has 2 aromatic rings. The van der Waals surface area contributed by atoms with Gasteiger partial charge < -0.3 is 15.2 Å². The molecule has 1 aliphatic carbocycles. The largest absolute Gasteiger partial charge is 0.465 e. The summed E-state index contributed by atoms with van der Waals surface area (Å²) in [6.45, 7) is 0. The summed E-state index contributed by atoms with van der Waals surface area (Å²) in [6.07, 6.45) is -1.76. The van der Waals surface area contributed by atoms with Crippen molar-refractivity contribution in [2.45, 2.75) is 43.5 Å². The smallest absolute Gasteiger partial charge is 0.417 e. The molecule has 6 nitrogen and oxygen atoms in total. The molecular formula is C21H20ClF3N2O4. The summed E-state index contributed by atoms with van der Waals surface area (Å²) in [5.74, 6) is -1.57. The van der Waals surface area contributed by atoms with E-state index in [1.54, 1.807) is 12.1 Å². The van der Waals surface area contributed by atoms with Crippen molar-refractivity contribution in [1.82, 2.24) is 10.3 Å². The predicted octanol–water partition coefficient (Wildman–Crippen LogP) is 4.32. The minimum atomic E-state index is -4.76. The second-order valence-electron chi connectivity index (χ2n) is 7.35. The third kappa shape index (κ3) is 4.83. The van der Waals surface area contributed by atoms with Crippen LogP contribution in [0.5, 0.6) is 0 Å². The van der Waals surface area contributed by atoms with Crippen molar-refractivity contribution in [3.63, 3.8) is 0 Å². The molecule has 0 saturated heterocycles. The van der Waals surface area contributed by atoms with E-state index in [-0.39, 0.29) is 5.56 Å². The Bertz CT molecular complexity index is 991. The average Bonchev–Trinajstić information content (AvgIpc) is 3.18. The normalized spacial score (nSPS) is 16.6. The van der Waals surface area contributed by atoms with Gasteiger partial charge in [-0.05, 0) is 36.6 Å². The molecule has 10 heteroatoms. The fourth-order valence-electron chi connectivity index (χ4n) is 3.79. The maximum Gasteiger partial charge on any atom is 0.417 e. The molecule has 1 saturated carbocycles. The molecule has 1 heterocycles. The van der Waals surface area contributed by atoms with E-state index in [9.17, 15) is 27.9 Å². The standard InChI is InChI=1S/C21H20ClF3N2O4/c1-31-19(29)13-6-4-5-12(11-13)17(20(30)8-2-3-9-20)27-18(28)16-15(22)14(7-10-26-16)21(23,24)25/h4-7,10-11,17,30H,2-3,8-9H2,1H3,(H,27,28). The van der Waals surface area contributed by atoms with Gasteiger partial charge in [0.1, 0.15) is 5.69 Å². The van der Waals surface area contributed by atoms with Crippen LogP contribution in [-0.4, -0.2) is 34.7 Å². The van der Waals surface area contributed by atoms with Gasteiger partial charge in [-0.2, -0.15) is 13.2 Å². The topological polar surface area (TPSA) is 88.5 Å². The van der Waals surface area contributed by atoms with Crippen LogP contribution in [0.2, 0.25) is 5.02 Å². The summed E-state index contributed by atoms with van der Waals surface area (Å²) in [5.41, 5.74) is -2.52. The van der Waals surface area contributed by atoms with E-state index in [0.29, 0.717) is 37.3 Å². The van der Waals surface area contributed by atoms with Crippen molar-refractivity contribution in [3.8, 4) is 0 Å². The molecule has 3 rings (SSSR count). The highest BCUT2D eigenvalue weighted by molar-refractivity contribution is 6.34. The number of halogens is 4. The van der Waals surface area contributed by atoms with Gasteiger partial charge >= 0.3 is 12.1 Å². The Hall–Kier alpha value is -2.65. The number of pyridine rings is 1. The fourth-order valence-corrected chi connectivity index (χ4v) is 4.09. The minimum Gasteiger partial charge on any atom is -0.465 e. The lowest BCUT2D eigenvalue weighted by atomic mass is 9.86. The van der Waals surface area contributed by atoms with Gasteiger partial charge in [0.05, 0.1) is 34.9 Å². The first kappa shape index (κ1) is 23.0. The van der Waals surface area contributed by atoms with E-state index in [2.05, 4.69) is 10.3 Å². The average molecular weight is 457 g/mol. The van der Waals surface area contributed by atoms with E-state index in [4.69, 9.17) is 16.3 Å². The molecule has 2 N–H and O–H groups in total. The van der Waals surface area contributed by atoms with Crippen LogP contribution >= 0.6 is 11.6 Å². The number of hydrogen-bond acceptors (Lipinski definition) is 5. The van der Waals surface area contributed by atoms with Crippen molar-refractivity contribution in [1.29, 1.82) is 0 Å². The van der Waals surface area contributed by atoms with Gasteiger partial charge in [-0.3, -0.25) is 4.79 Å². The van der Waals surface area contributed by atoms with E-state index in [0.717, 1.165) is 6.20 Å².